The van der Waals surface area contributed by atoms with Crippen LogP contribution in [0.2, 0.25) is 5.15 Å². The molecule has 0 aliphatic heterocycles. The van der Waals surface area contributed by atoms with Crippen molar-refractivity contribution in [3.8, 4) is 0 Å². The van der Waals surface area contributed by atoms with Gasteiger partial charge in [0.25, 0.3) is 0 Å². The summed E-state index contributed by atoms with van der Waals surface area (Å²) in [4.78, 5) is 4.30. The summed E-state index contributed by atoms with van der Waals surface area (Å²) in [7, 11) is 1.90. The van der Waals surface area contributed by atoms with E-state index >= 15 is 0 Å². The second kappa shape index (κ2) is 4.72. The van der Waals surface area contributed by atoms with E-state index < -0.39 is 0 Å². The summed E-state index contributed by atoms with van der Waals surface area (Å²) in [5.74, 6) is 0.900. The van der Waals surface area contributed by atoms with E-state index in [1.165, 1.54) is 0 Å². The molecule has 19 heavy (non-hydrogen) atoms. The molecule has 4 nitrogen and oxygen atoms in total. The summed E-state index contributed by atoms with van der Waals surface area (Å²) >= 11 is 5.99. The van der Waals surface area contributed by atoms with Crippen molar-refractivity contribution >= 4 is 22.5 Å². The molecule has 1 N–H and O–H groups in total. The van der Waals surface area contributed by atoms with E-state index in [1.54, 1.807) is 6.20 Å². The number of hydrogen-bond acceptors (Lipinski definition) is 2. The topological polar surface area (TPSA) is 43.0 Å². The molecule has 3 rings (SSSR count). The number of aromatic nitrogens is 3. The highest BCUT2D eigenvalue weighted by atomic mass is 35.5. The van der Waals surface area contributed by atoms with Gasteiger partial charge in [-0.25, -0.2) is 4.98 Å². The fourth-order valence-electron chi connectivity index (χ4n) is 2.29. The number of aliphatic hydroxyl groups excluding tert-OH is 1. The van der Waals surface area contributed by atoms with Crippen LogP contribution >= 0.6 is 11.6 Å². The largest absolute Gasteiger partial charge is 0.392 e. The van der Waals surface area contributed by atoms with Gasteiger partial charge >= 0.3 is 0 Å². The van der Waals surface area contributed by atoms with Crippen molar-refractivity contribution in [3.05, 3.63) is 53.2 Å². The number of halogens is 1. The van der Waals surface area contributed by atoms with Crippen molar-refractivity contribution in [3.63, 3.8) is 0 Å². The molecule has 3 aromatic rings. The number of fused-ring (bicyclic) bond motifs is 1. The first-order chi connectivity index (χ1) is 9.20. The highest BCUT2D eigenvalue weighted by molar-refractivity contribution is 6.29. The van der Waals surface area contributed by atoms with Gasteiger partial charge in [0.05, 0.1) is 19.3 Å². The van der Waals surface area contributed by atoms with Gasteiger partial charge in [-0.15, -0.1) is 0 Å². The van der Waals surface area contributed by atoms with E-state index in [2.05, 4.69) is 9.55 Å². The second-order valence-corrected chi connectivity index (χ2v) is 4.90. The Bertz CT molecular complexity index is 729. The van der Waals surface area contributed by atoms with Gasteiger partial charge in [0.2, 0.25) is 0 Å². The third-order valence-corrected chi connectivity index (χ3v) is 3.76. The first kappa shape index (κ1) is 12.3. The highest BCUT2D eigenvalue weighted by Gasteiger charge is 2.09. The number of rotatable bonds is 3. The van der Waals surface area contributed by atoms with Crippen LogP contribution in [0.1, 0.15) is 11.4 Å². The Kier molecular flexibility index (Phi) is 3.05. The van der Waals surface area contributed by atoms with Crippen molar-refractivity contribution in [1.29, 1.82) is 0 Å². The van der Waals surface area contributed by atoms with Crippen LogP contribution in [0, 0.1) is 0 Å². The summed E-state index contributed by atoms with van der Waals surface area (Å²) in [5.41, 5.74) is 2.03. The van der Waals surface area contributed by atoms with E-state index in [-0.39, 0.29) is 6.61 Å². The molecule has 0 aliphatic rings. The molecular weight excluding hydrogens is 262 g/mol. The Balaban J connectivity index is 2.04. The average molecular weight is 276 g/mol. The van der Waals surface area contributed by atoms with Crippen LogP contribution in [-0.2, 0) is 20.2 Å². The zero-order valence-electron chi connectivity index (χ0n) is 10.5. The lowest BCUT2D eigenvalue weighted by atomic mass is 10.1. The fourth-order valence-corrected chi connectivity index (χ4v) is 2.43. The van der Waals surface area contributed by atoms with Crippen molar-refractivity contribution < 1.29 is 5.11 Å². The normalized spacial score (nSPS) is 11.3. The minimum Gasteiger partial charge on any atom is -0.392 e. The van der Waals surface area contributed by atoms with Crippen LogP contribution in [0.15, 0.2) is 36.7 Å². The Morgan fingerprint density at radius 3 is 2.84 bits per heavy atom. The van der Waals surface area contributed by atoms with Crippen LogP contribution in [0.3, 0.4) is 0 Å². The molecule has 98 valence electrons. The Morgan fingerprint density at radius 2 is 2.16 bits per heavy atom. The van der Waals surface area contributed by atoms with Crippen LogP contribution in [-0.4, -0.2) is 19.2 Å². The molecule has 0 atom stereocenters. The van der Waals surface area contributed by atoms with Gasteiger partial charge in [0.1, 0.15) is 11.0 Å². The van der Waals surface area contributed by atoms with E-state index in [0.29, 0.717) is 11.7 Å². The minimum absolute atomic E-state index is 0.0512. The van der Waals surface area contributed by atoms with Crippen molar-refractivity contribution in [2.75, 3.05) is 0 Å². The minimum atomic E-state index is 0.0512. The number of imidazole rings is 1. The van der Waals surface area contributed by atoms with Gasteiger partial charge in [0, 0.05) is 24.1 Å². The van der Waals surface area contributed by atoms with Crippen LogP contribution < -0.4 is 0 Å². The van der Waals surface area contributed by atoms with E-state index in [9.17, 15) is 5.11 Å². The standard InChI is InChI=1S/C14H14ClN3O/c1-17-13(15)7-16-14(17)8-18-6-5-11-10(9-19)3-2-4-12(11)18/h2-7,19H,8-9H2,1H3. The fraction of sp³-hybridized carbons (Fsp3) is 0.214. The third-order valence-electron chi connectivity index (χ3n) is 3.41. The first-order valence-electron chi connectivity index (χ1n) is 6.04. The molecule has 0 fully saturated rings. The summed E-state index contributed by atoms with van der Waals surface area (Å²) in [6, 6.07) is 7.95. The quantitative estimate of drug-likeness (QED) is 0.798. The molecule has 0 aliphatic carbocycles. The van der Waals surface area contributed by atoms with Gasteiger partial charge in [-0.05, 0) is 17.7 Å². The summed E-state index contributed by atoms with van der Waals surface area (Å²) < 4.78 is 3.97. The van der Waals surface area contributed by atoms with Gasteiger partial charge in [0.15, 0.2) is 0 Å². The zero-order valence-corrected chi connectivity index (χ0v) is 11.3. The lowest BCUT2D eigenvalue weighted by Gasteiger charge is -2.07. The Hall–Kier alpha value is -1.78. The molecule has 0 spiro atoms. The maximum atomic E-state index is 9.34. The van der Waals surface area contributed by atoms with E-state index in [4.69, 9.17) is 11.6 Å². The van der Waals surface area contributed by atoms with Gasteiger partial charge in [-0.1, -0.05) is 23.7 Å². The molecule has 0 saturated heterocycles. The summed E-state index contributed by atoms with van der Waals surface area (Å²) in [5, 5.41) is 11.0. The Morgan fingerprint density at radius 1 is 1.32 bits per heavy atom. The maximum Gasteiger partial charge on any atom is 0.129 e. The predicted octanol–water partition coefficient (Wildman–Crippen LogP) is 2.57. The molecule has 0 radical (unpaired) electrons. The Labute approximate surface area is 115 Å². The van der Waals surface area contributed by atoms with E-state index in [1.807, 2.05) is 42.1 Å². The van der Waals surface area contributed by atoms with Crippen LogP contribution in [0.4, 0.5) is 0 Å². The molecule has 2 aromatic heterocycles. The van der Waals surface area contributed by atoms with Crippen molar-refractivity contribution in [2.24, 2.45) is 7.05 Å². The molecule has 0 bridgehead atoms. The molecular formula is C14H14ClN3O. The third kappa shape index (κ3) is 2.03. The summed E-state index contributed by atoms with van der Waals surface area (Å²) in [6.07, 6.45) is 3.66. The summed E-state index contributed by atoms with van der Waals surface area (Å²) in [6.45, 7) is 0.706. The zero-order chi connectivity index (χ0) is 13.4. The number of nitrogens with zero attached hydrogens (tertiary/aromatic N) is 3. The first-order valence-corrected chi connectivity index (χ1v) is 6.42. The highest BCUT2D eigenvalue weighted by Crippen LogP contribution is 2.21. The van der Waals surface area contributed by atoms with Crippen molar-refractivity contribution in [2.45, 2.75) is 13.2 Å². The SMILES string of the molecule is Cn1c(Cl)cnc1Cn1ccc2c(CO)cccc21. The average Bonchev–Trinajstić information content (AvgIpc) is 2.97. The monoisotopic (exact) mass is 275 g/mol. The lowest BCUT2D eigenvalue weighted by Crippen LogP contribution is -2.05. The molecule has 5 heteroatoms. The van der Waals surface area contributed by atoms with Gasteiger partial charge < -0.3 is 14.2 Å². The molecule has 0 unspecified atom stereocenters. The lowest BCUT2D eigenvalue weighted by molar-refractivity contribution is 0.283. The molecule has 2 heterocycles. The maximum absolute atomic E-state index is 9.34. The number of aliphatic hydroxyl groups is 1. The van der Waals surface area contributed by atoms with E-state index in [0.717, 1.165) is 22.3 Å². The molecule has 0 amide bonds. The van der Waals surface area contributed by atoms with Crippen LogP contribution in [0.5, 0.6) is 0 Å². The molecule has 1 aromatic carbocycles. The van der Waals surface area contributed by atoms with Gasteiger partial charge in [-0.3, -0.25) is 0 Å². The number of benzene rings is 1. The number of hydrogen-bond donors (Lipinski definition) is 1. The molecule has 0 saturated carbocycles. The van der Waals surface area contributed by atoms with Gasteiger partial charge in [-0.2, -0.15) is 0 Å². The smallest absolute Gasteiger partial charge is 0.129 e. The van der Waals surface area contributed by atoms with Crippen LogP contribution in [0.25, 0.3) is 10.9 Å². The predicted molar refractivity (Wildman–Crippen MR) is 75.2 cm³/mol. The van der Waals surface area contributed by atoms with Crippen molar-refractivity contribution in [1.82, 2.24) is 14.1 Å². The second-order valence-electron chi connectivity index (χ2n) is 4.51.